The van der Waals surface area contributed by atoms with Crippen molar-refractivity contribution in [2.24, 2.45) is 11.1 Å². The monoisotopic (exact) mass is 252 g/mol. The Morgan fingerprint density at radius 2 is 1.67 bits per heavy atom. The number of hydrogen-bond acceptors (Lipinski definition) is 2. The van der Waals surface area contributed by atoms with Crippen molar-refractivity contribution < 1.29 is 0 Å². The minimum absolute atomic E-state index is 0.387. The van der Waals surface area contributed by atoms with Crippen LogP contribution in [0.3, 0.4) is 0 Å². The van der Waals surface area contributed by atoms with Gasteiger partial charge in [0.1, 0.15) is 0 Å². The molecule has 2 aliphatic rings. The zero-order chi connectivity index (χ0) is 13.0. The fraction of sp³-hybridized carbons (Fsp3) is 1.00. The molecular weight excluding hydrogens is 220 g/mol. The summed E-state index contributed by atoms with van der Waals surface area (Å²) in [4.78, 5) is 2.70. The topological polar surface area (TPSA) is 29.3 Å². The van der Waals surface area contributed by atoms with Crippen LogP contribution in [0.25, 0.3) is 0 Å². The smallest absolute Gasteiger partial charge is 0.0244 e. The van der Waals surface area contributed by atoms with Crippen LogP contribution >= 0.6 is 0 Å². The van der Waals surface area contributed by atoms with Crippen molar-refractivity contribution >= 4 is 0 Å². The SMILES string of the molecule is CCCC(N)C(CC)N1CCC2(CCCC2)CC1. The Labute approximate surface area is 113 Å². The van der Waals surface area contributed by atoms with Crippen LogP contribution in [0, 0.1) is 5.41 Å². The van der Waals surface area contributed by atoms with E-state index >= 15 is 0 Å². The van der Waals surface area contributed by atoms with E-state index in [1.54, 1.807) is 0 Å². The average molecular weight is 252 g/mol. The van der Waals surface area contributed by atoms with Gasteiger partial charge in [-0.2, -0.15) is 0 Å². The summed E-state index contributed by atoms with van der Waals surface area (Å²) in [5.41, 5.74) is 7.11. The number of likely N-dealkylation sites (tertiary alicyclic amines) is 1. The normalized spacial score (nSPS) is 27.5. The summed E-state index contributed by atoms with van der Waals surface area (Å²) < 4.78 is 0. The third-order valence-corrected chi connectivity index (χ3v) is 5.53. The first-order valence-corrected chi connectivity index (χ1v) is 8.20. The van der Waals surface area contributed by atoms with E-state index in [0.29, 0.717) is 12.1 Å². The van der Waals surface area contributed by atoms with Crippen LogP contribution in [0.4, 0.5) is 0 Å². The second-order valence-corrected chi connectivity index (χ2v) is 6.67. The summed E-state index contributed by atoms with van der Waals surface area (Å²) in [6.45, 7) is 7.16. The number of rotatable bonds is 5. The van der Waals surface area contributed by atoms with Crippen LogP contribution < -0.4 is 5.73 Å². The Morgan fingerprint density at radius 3 is 2.17 bits per heavy atom. The molecule has 106 valence electrons. The van der Waals surface area contributed by atoms with E-state index in [2.05, 4.69) is 18.7 Å². The second kappa shape index (κ2) is 6.38. The quantitative estimate of drug-likeness (QED) is 0.811. The van der Waals surface area contributed by atoms with E-state index < -0.39 is 0 Å². The fourth-order valence-corrected chi connectivity index (χ4v) is 4.31. The van der Waals surface area contributed by atoms with Crippen molar-refractivity contribution in [1.82, 2.24) is 4.90 Å². The molecule has 2 N–H and O–H groups in total. The summed E-state index contributed by atoms with van der Waals surface area (Å²) in [6, 6.07) is 1.02. The van der Waals surface area contributed by atoms with Crippen LogP contribution in [0.1, 0.15) is 71.6 Å². The van der Waals surface area contributed by atoms with Crippen LogP contribution in [0.15, 0.2) is 0 Å². The van der Waals surface area contributed by atoms with Crippen LogP contribution in [0.5, 0.6) is 0 Å². The molecule has 1 heterocycles. The Hall–Kier alpha value is -0.0800. The lowest BCUT2D eigenvalue weighted by Gasteiger charge is -2.44. The lowest BCUT2D eigenvalue weighted by atomic mass is 9.76. The molecular formula is C16H32N2. The Bertz CT molecular complexity index is 235. The van der Waals surface area contributed by atoms with Crippen molar-refractivity contribution in [1.29, 1.82) is 0 Å². The fourth-order valence-electron chi connectivity index (χ4n) is 4.31. The van der Waals surface area contributed by atoms with Gasteiger partial charge in [0, 0.05) is 12.1 Å². The largest absolute Gasteiger partial charge is 0.326 e. The number of piperidine rings is 1. The highest BCUT2D eigenvalue weighted by Gasteiger charge is 2.38. The number of nitrogens with two attached hydrogens (primary N) is 1. The van der Waals surface area contributed by atoms with Crippen molar-refractivity contribution in [3.8, 4) is 0 Å². The van der Waals surface area contributed by atoms with E-state index in [1.807, 2.05) is 0 Å². The van der Waals surface area contributed by atoms with Gasteiger partial charge >= 0.3 is 0 Å². The summed E-state index contributed by atoms with van der Waals surface area (Å²) >= 11 is 0. The third kappa shape index (κ3) is 3.08. The molecule has 0 radical (unpaired) electrons. The summed E-state index contributed by atoms with van der Waals surface area (Å²) in [6.07, 6.45) is 12.4. The lowest BCUT2D eigenvalue weighted by Crippen LogP contribution is -2.51. The Kier molecular flexibility index (Phi) is 5.08. The van der Waals surface area contributed by atoms with E-state index in [-0.39, 0.29) is 0 Å². The maximum atomic E-state index is 6.37. The molecule has 2 heteroatoms. The molecule has 2 nitrogen and oxygen atoms in total. The van der Waals surface area contributed by atoms with Crippen molar-refractivity contribution in [3.63, 3.8) is 0 Å². The maximum absolute atomic E-state index is 6.37. The molecule has 2 atom stereocenters. The summed E-state index contributed by atoms with van der Waals surface area (Å²) in [7, 11) is 0. The van der Waals surface area contributed by atoms with Gasteiger partial charge in [0.05, 0.1) is 0 Å². The van der Waals surface area contributed by atoms with Gasteiger partial charge in [-0.1, -0.05) is 33.1 Å². The van der Waals surface area contributed by atoms with Gasteiger partial charge < -0.3 is 5.73 Å². The van der Waals surface area contributed by atoms with Gasteiger partial charge in [-0.3, -0.25) is 4.90 Å². The van der Waals surface area contributed by atoms with Gasteiger partial charge in [-0.05, 0) is 57.0 Å². The van der Waals surface area contributed by atoms with Gasteiger partial charge in [0.15, 0.2) is 0 Å². The van der Waals surface area contributed by atoms with Gasteiger partial charge in [0.25, 0.3) is 0 Å². The van der Waals surface area contributed by atoms with E-state index in [1.165, 1.54) is 70.9 Å². The van der Waals surface area contributed by atoms with Crippen LogP contribution in [0.2, 0.25) is 0 Å². The molecule has 0 aromatic carbocycles. The van der Waals surface area contributed by atoms with Gasteiger partial charge in [-0.25, -0.2) is 0 Å². The molecule has 0 aromatic rings. The van der Waals surface area contributed by atoms with E-state index in [0.717, 1.165) is 5.41 Å². The lowest BCUT2D eigenvalue weighted by molar-refractivity contribution is 0.0631. The predicted molar refractivity (Wildman–Crippen MR) is 78.7 cm³/mol. The molecule has 1 saturated carbocycles. The molecule has 2 fully saturated rings. The number of nitrogens with zero attached hydrogens (tertiary/aromatic N) is 1. The highest BCUT2D eigenvalue weighted by molar-refractivity contribution is 4.92. The van der Waals surface area contributed by atoms with Gasteiger partial charge in [-0.15, -0.1) is 0 Å². The zero-order valence-corrected chi connectivity index (χ0v) is 12.5. The molecule has 18 heavy (non-hydrogen) atoms. The van der Waals surface area contributed by atoms with Crippen molar-refractivity contribution in [2.75, 3.05) is 13.1 Å². The maximum Gasteiger partial charge on any atom is 0.0244 e. The first kappa shape index (κ1) is 14.3. The van der Waals surface area contributed by atoms with E-state index in [9.17, 15) is 0 Å². The highest BCUT2D eigenvalue weighted by Crippen LogP contribution is 2.46. The zero-order valence-electron chi connectivity index (χ0n) is 12.5. The summed E-state index contributed by atoms with van der Waals surface area (Å²) in [5.74, 6) is 0. The molecule has 1 aliphatic heterocycles. The second-order valence-electron chi connectivity index (χ2n) is 6.67. The van der Waals surface area contributed by atoms with Crippen LogP contribution in [-0.4, -0.2) is 30.1 Å². The van der Waals surface area contributed by atoms with E-state index in [4.69, 9.17) is 5.73 Å². The van der Waals surface area contributed by atoms with Crippen LogP contribution in [-0.2, 0) is 0 Å². The molecule has 0 aromatic heterocycles. The first-order chi connectivity index (χ1) is 8.71. The third-order valence-electron chi connectivity index (χ3n) is 5.53. The Morgan fingerprint density at radius 1 is 1.06 bits per heavy atom. The highest BCUT2D eigenvalue weighted by atomic mass is 15.2. The standard InChI is InChI=1S/C16H32N2/c1-3-7-14(17)15(4-2)18-12-10-16(11-13-18)8-5-6-9-16/h14-15H,3-13,17H2,1-2H3. The minimum atomic E-state index is 0.387. The molecule has 1 aliphatic carbocycles. The molecule has 2 rings (SSSR count). The Balaban J connectivity index is 1.87. The molecule has 1 saturated heterocycles. The minimum Gasteiger partial charge on any atom is -0.326 e. The van der Waals surface area contributed by atoms with Crippen molar-refractivity contribution in [2.45, 2.75) is 83.7 Å². The first-order valence-electron chi connectivity index (χ1n) is 8.20. The molecule has 1 spiro atoms. The molecule has 2 unspecified atom stereocenters. The molecule has 0 bridgehead atoms. The van der Waals surface area contributed by atoms with Crippen molar-refractivity contribution in [3.05, 3.63) is 0 Å². The van der Waals surface area contributed by atoms with Gasteiger partial charge in [0.2, 0.25) is 0 Å². The number of hydrogen-bond donors (Lipinski definition) is 1. The predicted octanol–water partition coefficient (Wildman–Crippen LogP) is 3.55. The average Bonchev–Trinajstić information content (AvgIpc) is 2.82. The summed E-state index contributed by atoms with van der Waals surface area (Å²) in [5, 5.41) is 0. The molecule has 0 amide bonds.